The quantitative estimate of drug-likeness (QED) is 0.311. The molecule has 3 heterocycles. The van der Waals surface area contributed by atoms with Gasteiger partial charge in [-0.3, -0.25) is 4.79 Å². The van der Waals surface area contributed by atoms with Crippen LogP contribution in [0.5, 0.6) is 0 Å². The van der Waals surface area contributed by atoms with Gasteiger partial charge in [-0.15, -0.1) is 21.5 Å². The first-order valence-electron chi connectivity index (χ1n) is 8.82. The van der Waals surface area contributed by atoms with E-state index in [4.69, 9.17) is 4.42 Å². The van der Waals surface area contributed by atoms with E-state index in [1.54, 1.807) is 11.3 Å². The smallest absolute Gasteiger partial charge is 0.277 e. The number of hydrogen-bond acceptors (Lipinski definition) is 6. The molecule has 4 rings (SSSR count). The first-order valence-corrected chi connectivity index (χ1v) is 10.7. The van der Waals surface area contributed by atoms with Crippen molar-refractivity contribution in [2.24, 2.45) is 0 Å². The zero-order valence-electron chi connectivity index (χ0n) is 15.8. The fraction of sp³-hybridized carbons (Fsp3) is 0.190. The lowest BCUT2D eigenvalue weighted by atomic mass is 10.2. The fourth-order valence-corrected chi connectivity index (χ4v) is 4.40. The van der Waals surface area contributed by atoms with E-state index in [-0.39, 0.29) is 11.5 Å². The van der Waals surface area contributed by atoms with Gasteiger partial charge < -0.3 is 8.98 Å². The molecule has 0 aliphatic rings. The van der Waals surface area contributed by atoms with E-state index in [1.807, 2.05) is 37.4 Å². The Morgan fingerprint density at radius 3 is 2.64 bits per heavy atom. The van der Waals surface area contributed by atoms with Crippen LogP contribution in [0, 0.1) is 20.8 Å². The van der Waals surface area contributed by atoms with E-state index in [1.165, 1.54) is 17.3 Å². The van der Waals surface area contributed by atoms with Crippen LogP contribution in [-0.4, -0.2) is 26.3 Å². The molecule has 7 heteroatoms. The van der Waals surface area contributed by atoms with E-state index >= 15 is 0 Å². The van der Waals surface area contributed by atoms with Crippen molar-refractivity contribution in [1.82, 2.24) is 14.8 Å². The molecule has 0 unspecified atom stereocenters. The molecule has 0 radical (unpaired) electrons. The fourth-order valence-electron chi connectivity index (χ4n) is 3.11. The number of aromatic nitrogens is 3. The van der Waals surface area contributed by atoms with Gasteiger partial charge in [-0.25, -0.2) is 0 Å². The van der Waals surface area contributed by atoms with Gasteiger partial charge >= 0.3 is 0 Å². The molecule has 0 N–H and O–H groups in total. The first-order chi connectivity index (χ1) is 13.5. The molecule has 0 atom stereocenters. The number of Topliss-reactive ketones (excluding diaryl/α,β-unsaturated/α-hetero) is 1. The summed E-state index contributed by atoms with van der Waals surface area (Å²) in [5.74, 6) is 0.791. The lowest BCUT2D eigenvalue weighted by molar-refractivity contribution is 0.102. The largest absolute Gasteiger partial charge is 0.410 e. The second-order valence-corrected chi connectivity index (χ2v) is 8.39. The number of benzene rings is 1. The van der Waals surface area contributed by atoms with Crippen LogP contribution < -0.4 is 0 Å². The van der Waals surface area contributed by atoms with Crippen molar-refractivity contribution < 1.29 is 9.21 Å². The maximum absolute atomic E-state index is 12.8. The number of carbonyl (C=O) groups is 1. The molecule has 3 aromatic heterocycles. The predicted octanol–water partition coefficient (Wildman–Crippen LogP) is 5.49. The summed E-state index contributed by atoms with van der Waals surface area (Å²) in [5, 5.41) is 10.4. The van der Waals surface area contributed by atoms with Crippen LogP contribution in [-0.2, 0) is 0 Å². The Labute approximate surface area is 171 Å². The Kier molecular flexibility index (Phi) is 5.19. The molecule has 142 valence electrons. The standard InChI is InChI=1S/C21H19N3O2S2/c1-13-6-8-16(9-7-13)24-14(2)11-17(15(24)3)18(25)12-28-21-23-22-20(26-21)19-5-4-10-27-19/h4-11H,12H2,1-3H3. The summed E-state index contributed by atoms with van der Waals surface area (Å²) in [7, 11) is 0. The molecular weight excluding hydrogens is 390 g/mol. The second kappa shape index (κ2) is 7.77. The highest BCUT2D eigenvalue weighted by atomic mass is 32.2. The van der Waals surface area contributed by atoms with Gasteiger partial charge in [0.2, 0.25) is 0 Å². The van der Waals surface area contributed by atoms with Crippen molar-refractivity contribution in [3.8, 4) is 16.5 Å². The summed E-state index contributed by atoms with van der Waals surface area (Å²) in [5.41, 5.74) is 4.97. The number of hydrogen-bond donors (Lipinski definition) is 0. The Balaban J connectivity index is 1.50. The minimum atomic E-state index is 0.0485. The van der Waals surface area contributed by atoms with Crippen molar-refractivity contribution in [2.75, 3.05) is 5.75 Å². The summed E-state index contributed by atoms with van der Waals surface area (Å²) in [4.78, 5) is 13.7. The molecule has 28 heavy (non-hydrogen) atoms. The molecule has 0 aliphatic carbocycles. The summed E-state index contributed by atoms with van der Waals surface area (Å²) in [6.45, 7) is 6.06. The molecule has 0 amide bonds. The van der Waals surface area contributed by atoms with Gasteiger partial charge in [0.1, 0.15) is 0 Å². The number of thiophene rings is 1. The molecule has 0 aliphatic heterocycles. The Morgan fingerprint density at radius 1 is 1.14 bits per heavy atom. The number of aryl methyl sites for hydroxylation is 2. The third kappa shape index (κ3) is 3.68. The molecule has 0 saturated heterocycles. The van der Waals surface area contributed by atoms with Crippen molar-refractivity contribution in [2.45, 2.75) is 26.0 Å². The highest BCUT2D eigenvalue weighted by Crippen LogP contribution is 2.28. The van der Waals surface area contributed by atoms with Crippen molar-refractivity contribution in [1.29, 1.82) is 0 Å². The maximum atomic E-state index is 12.8. The van der Waals surface area contributed by atoms with Gasteiger partial charge in [0.15, 0.2) is 5.78 Å². The van der Waals surface area contributed by atoms with Crippen LogP contribution in [0.4, 0.5) is 0 Å². The summed E-state index contributed by atoms with van der Waals surface area (Å²) < 4.78 is 7.76. The Bertz CT molecular complexity index is 1110. The molecule has 0 fully saturated rings. The van der Waals surface area contributed by atoms with E-state index in [2.05, 4.69) is 46.0 Å². The average Bonchev–Trinajstić information content (AvgIpc) is 3.41. The molecule has 1 aromatic carbocycles. The molecule has 5 nitrogen and oxygen atoms in total. The second-order valence-electron chi connectivity index (χ2n) is 6.52. The summed E-state index contributed by atoms with van der Waals surface area (Å²) in [6, 6.07) is 14.1. The maximum Gasteiger partial charge on any atom is 0.277 e. The Morgan fingerprint density at radius 2 is 1.93 bits per heavy atom. The first kappa shape index (κ1) is 18.7. The number of rotatable bonds is 6. The van der Waals surface area contributed by atoms with Gasteiger partial charge in [-0.2, -0.15) is 0 Å². The van der Waals surface area contributed by atoms with Crippen LogP contribution in [0.2, 0.25) is 0 Å². The highest BCUT2D eigenvalue weighted by Gasteiger charge is 2.18. The van der Waals surface area contributed by atoms with E-state index in [0.29, 0.717) is 11.1 Å². The van der Waals surface area contributed by atoms with Crippen LogP contribution in [0.15, 0.2) is 57.5 Å². The molecule has 0 saturated carbocycles. The predicted molar refractivity (Wildman–Crippen MR) is 113 cm³/mol. The zero-order valence-corrected chi connectivity index (χ0v) is 17.4. The van der Waals surface area contributed by atoms with Crippen molar-refractivity contribution >= 4 is 28.9 Å². The average molecular weight is 410 g/mol. The van der Waals surface area contributed by atoms with Gasteiger partial charge in [-0.1, -0.05) is 35.5 Å². The highest BCUT2D eigenvalue weighted by molar-refractivity contribution is 7.99. The zero-order chi connectivity index (χ0) is 19.7. The third-order valence-electron chi connectivity index (χ3n) is 4.49. The topological polar surface area (TPSA) is 60.9 Å². The Hall–Kier alpha value is -2.64. The number of ketones is 1. The lowest BCUT2D eigenvalue weighted by Crippen LogP contribution is -2.05. The van der Waals surface area contributed by atoms with Gasteiger partial charge in [0.05, 0.1) is 10.6 Å². The van der Waals surface area contributed by atoms with E-state index in [9.17, 15) is 4.79 Å². The van der Waals surface area contributed by atoms with Crippen LogP contribution >= 0.6 is 23.1 Å². The number of nitrogens with zero attached hydrogens (tertiary/aromatic N) is 3. The van der Waals surface area contributed by atoms with E-state index in [0.717, 1.165) is 27.5 Å². The normalized spacial score (nSPS) is 11.1. The van der Waals surface area contributed by atoms with Gasteiger partial charge in [-0.05, 0) is 50.4 Å². The van der Waals surface area contributed by atoms with Crippen LogP contribution in [0.3, 0.4) is 0 Å². The SMILES string of the molecule is Cc1ccc(-n2c(C)cc(C(=O)CSc3nnc(-c4cccs4)o3)c2C)cc1. The van der Waals surface area contributed by atoms with E-state index < -0.39 is 0 Å². The van der Waals surface area contributed by atoms with Crippen molar-refractivity contribution in [3.05, 3.63) is 70.4 Å². The molecular formula is C21H19N3O2S2. The molecule has 0 spiro atoms. The minimum absolute atomic E-state index is 0.0485. The number of thioether (sulfide) groups is 1. The molecule has 4 aromatic rings. The lowest BCUT2D eigenvalue weighted by Gasteiger charge is -2.10. The number of carbonyl (C=O) groups excluding carboxylic acids is 1. The van der Waals surface area contributed by atoms with Crippen molar-refractivity contribution in [3.63, 3.8) is 0 Å². The van der Waals surface area contributed by atoms with Crippen LogP contribution in [0.1, 0.15) is 27.3 Å². The summed E-state index contributed by atoms with van der Waals surface area (Å²) in [6.07, 6.45) is 0. The summed E-state index contributed by atoms with van der Waals surface area (Å²) >= 11 is 2.81. The van der Waals surface area contributed by atoms with Crippen LogP contribution in [0.25, 0.3) is 16.5 Å². The minimum Gasteiger partial charge on any atom is -0.410 e. The molecule has 0 bridgehead atoms. The van der Waals surface area contributed by atoms with Gasteiger partial charge in [0, 0.05) is 22.6 Å². The third-order valence-corrected chi connectivity index (χ3v) is 6.17. The monoisotopic (exact) mass is 409 g/mol. The van der Waals surface area contributed by atoms with Gasteiger partial charge in [0.25, 0.3) is 11.1 Å².